The Bertz CT molecular complexity index is 751. The number of nitrogens with zero attached hydrogens (tertiary/aromatic N) is 2. The normalized spacial score (nSPS) is 19.3. The van der Waals surface area contributed by atoms with Crippen LogP contribution >= 0.6 is 0 Å². The van der Waals surface area contributed by atoms with E-state index in [-0.39, 0.29) is 0 Å². The summed E-state index contributed by atoms with van der Waals surface area (Å²) in [7, 11) is 1.69. The highest BCUT2D eigenvalue weighted by molar-refractivity contribution is 5.51. The van der Waals surface area contributed by atoms with Gasteiger partial charge in [-0.3, -0.25) is 0 Å². The molecule has 0 radical (unpaired) electrons. The molecular weight excluding hydrogens is 304 g/mol. The van der Waals surface area contributed by atoms with Crippen molar-refractivity contribution in [1.29, 1.82) is 0 Å². The van der Waals surface area contributed by atoms with Gasteiger partial charge in [0.25, 0.3) is 0 Å². The first-order valence-corrected chi connectivity index (χ1v) is 8.47. The van der Waals surface area contributed by atoms with Gasteiger partial charge in [-0.05, 0) is 25.3 Å². The van der Waals surface area contributed by atoms with Crippen LogP contribution in [0.5, 0.6) is 17.2 Å². The van der Waals surface area contributed by atoms with Gasteiger partial charge in [0.15, 0.2) is 11.5 Å². The fourth-order valence-electron chi connectivity index (χ4n) is 3.45. The third-order valence-corrected chi connectivity index (χ3v) is 4.67. The first-order chi connectivity index (χ1) is 11.8. The Morgan fingerprint density at radius 1 is 1.21 bits per heavy atom. The zero-order valence-electron chi connectivity index (χ0n) is 13.9. The number of allylic oxidation sites excluding steroid dienone is 2. The van der Waals surface area contributed by atoms with Gasteiger partial charge in [-0.15, -0.1) is 0 Å². The number of methoxy groups -OCH3 is 1. The maximum absolute atomic E-state index is 5.71. The van der Waals surface area contributed by atoms with Gasteiger partial charge in [0, 0.05) is 29.9 Å². The lowest BCUT2D eigenvalue weighted by Gasteiger charge is -2.22. The molecule has 24 heavy (non-hydrogen) atoms. The fraction of sp³-hybridized carbons (Fsp3) is 0.421. The molecule has 1 aromatic heterocycles. The third kappa shape index (κ3) is 2.86. The minimum absolute atomic E-state index is 0.494. The molecule has 1 aromatic carbocycles. The predicted molar refractivity (Wildman–Crippen MR) is 91.0 cm³/mol. The van der Waals surface area contributed by atoms with E-state index in [0.717, 1.165) is 54.4 Å². The number of hydrogen-bond acceptors (Lipinski definition) is 4. The smallest absolute Gasteiger partial charge is 0.165 e. The van der Waals surface area contributed by atoms with Crippen molar-refractivity contribution in [3.05, 3.63) is 48.1 Å². The van der Waals surface area contributed by atoms with E-state index in [9.17, 15) is 0 Å². The Morgan fingerprint density at radius 2 is 2.04 bits per heavy atom. The summed E-state index contributed by atoms with van der Waals surface area (Å²) in [5.41, 5.74) is 1.08. The Labute approximate surface area is 141 Å². The van der Waals surface area contributed by atoms with Crippen LogP contribution < -0.4 is 14.2 Å². The largest absolute Gasteiger partial charge is 0.496 e. The molecule has 0 bridgehead atoms. The molecule has 0 saturated carbocycles. The van der Waals surface area contributed by atoms with Crippen LogP contribution in [-0.2, 0) is 6.54 Å². The van der Waals surface area contributed by atoms with Crippen molar-refractivity contribution < 1.29 is 14.2 Å². The van der Waals surface area contributed by atoms with Crippen molar-refractivity contribution in [3.8, 4) is 17.2 Å². The molecule has 2 aliphatic rings. The Kier molecular flexibility index (Phi) is 4.15. The molecule has 0 spiro atoms. The van der Waals surface area contributed by atoms with Gasteiger partial charge in [-0.25, -0.2) is 4.98 Å². The van der Waals surface area contributed by atoms with Gasteiger partial charge in [0.05, 0.1) is 13.7 Å². The molecule has 5 heteroatoms. The summed E-state index contributed by atoms with van der Waals surface area (Å²) in [6, 6.07) is 3.95. The zero-order valence-corrected chi connectivity index (χ0v) is 13.9. The van der Waals surface area contributed by atoms with Crippen molar-refractivity contribution in [2.24, 2.45) is 0 Å². The average Bonchev–Trinajstić information content (AvgIpc) is 3.10. The minimum atomic E-state index is 0.494. The van der Waals surface area contributed by atoms with Gasteiger partial charge in [-0.2, -0.15) is 0 Å². The number of imidazole rings is 1. The molecule has 0 N–H and O–H groups in total. The quantitative estimate of drug-likeness (QED) is 0.806. The summed E-state index contributed by atoms with van der Waals surface area (Å²) in [6.45, 7) is 1.88. The second-order valence-electron chi connectivity index (χ2n) is 6.20. The van der Waals surface area contributed by atoms with E-state index in [4.69, 9.17) is 14.2 Å². The summed E-state index contributed by atoms with van der Waals surface area (Å²) in [5.74, 6) is 4.01. The van der Waals surface area contributed by atoms with E-state index in [2.05, 4.69) is 21.7 Å². The lowest BCUT2D eigenvalue weighted by atomic mass is 9.93. The van der Waals surface area contributed by atoms with Crippen molar-refractivity contribution in [2.45, 2.75) is 31.7 Å². The molecular formula is C19H22N2O3. The van der Waals surface area contributed by atoms with Gasteiger partial charge in [0.2, 0.25) is 0 Å². The average molecular weight is 326 g/mol. The van der Waals surface area contributed by atoms with Gasteiger partial charge < -0.3 is 18.8 Å². The molecule has 2 aromatic rings. The van der Waals surface area contributed by atoms with Crippen molar-refractivity contribution >= 4 is 0 Å². The lowest BCUT2D eigenvalue weighted by Crippen LogP contribution is -2.16. The zero-order chi connectivity index (χ0) is 16.4. The summed E-state index contributed by atoms with van der Waals surface area (Å²) in [4.78, 5) is 4.61. The lowest BCUT2D eigenvalue weighted by molar-refractivity contribution is 0.170. The number of aromatic nitrogens is 2. The Balaban J connectivity index is 1.64. The van der Waals surface area contributed by atoms with E-state index in [1.807, 2.05) is 24.5 Å². The Morgan fingerprint density at radius 3 is 2.79 bits per heavy atom. The summed E-state index contributed by atoms with van der Waals surface area (Å²) in [5, 5.41) is 0. The SMILES string of the molecule is COc1cc2c(cc1Cn1ccnc1C1CC=CCC1)OCCO2. The van der Waals surface area contributed by atoms with Crippen LogP contribution in [0.3, 0.4) is 0 Å². The van der Waals surface area contributed by atoms with Crippen LogP contribution in [-0.4, -0.2) is 29.9 Å². The fourth-order valence-corrected chi connectivity index (χ4v) is 3.45. The second-order valence-corrected chi connectivity index (χ2v) is 6.20. The van der Waals surface area contributed by atoms with Crippen molar-refractivity contribution in [3.63, 3.8) is 0 Å². The number of rotatable bonds is 4. The van der Waals surface area contributed by atoms with Crippen LogP contribution in [0.4, 0.5) is 0 Å². The van der Waals surface area contributed by atoms with Crippen LogP contribution in [0, 0.1) is 0 Å². The monoisotopic (exact) mass is 326 g/mol. The first kappa shape index (κ1) is 15.1. The van der Waals surface area contributed by atoms with Gasteiger partial charge in [0.1, 0.15) is 24.8 Å². The van der Waals surface area contributed by atoms with Crippen molar-refractivity contribution in [1.82, 2.24) is 9.55 Å². The highest BCUT2D eigenvalue weighted by Gasteiger charge is 2.20. The van der Waals surface area contributed by atoms with Crippen LogP contribution in [0.15, 0.2) is 36.7 Å². The topological polar surface area (TPSA) is 45.5 Å². The summed E-state index contributed by atoms with van der Waals surface area (Å²) >= 11 is 0. The molecule has 1 unspecified atom stereocenters. The second kappa shape index (κ2) is 6.59. The molecule has 0 amide bonds. The predicted octanol–water partition coefficient (Wildman–Crippen LogP) is 3.53. The van der Waals surface area contributed by atoms with Crippen LogP contribution in [0.1, 0.15) is 36.6 Å². The summed E-state index contributed by atoms with van der Waals surface area (Å²) < 4.78 is 19.1. The standard InChI is InChI=1S/C19H22N2O3/c1-22-16-12-18-17(23-9-10-24-18)11-15(16)13-21-8-7-20-19(21)14-5-3-2-4-6-14/h2-3,7-8,11-12,14H,4-6,9-10,13H2,1H3. The van der Waals surface area contributed by atoms with Gasteiger partial charge >= 0.3 is 0 Å². The minimum Gasteiger partial charge on any atom is -0.496 e. The molecule has 4 rings (SSSR count). The summed E-state index contributed by atoms with van der Waals surface area (Å²) in [6.07, 6.45) is 11.8. The Hall–Kier alpha value is -2.43. The van der Waals surface area contributed by atoms with E-state index in [1.165, 1.54) is 0 Å². The first-order valence-electron chi connectivity index (χ1n) is 8.47. The number of fused-ring (bicyclic) bond motifs is 1. The van der Waals surface area contributed by atoms with E-state index in [0.29, 0.717) is 19.1 Å². The van der Waals surface area contributed by atoms with Crippen molar-refractivity contribution in [2.75, 3.05) is 20.3 Å². The molecule has 1 atom stereocenters. The van der Waals surface area contributed by atoms with E-state index >= 15 is 0 Å². The molecule has 0 fully saturated rings. The number of ether oxygens (including phenoxy) is 3. The van der Waals surface area contributed by atoms with E-state index in [1.54, 1.807) is 7.11 Å². The van der Waals surface area contributed by atoms with Crippen LogP contribution in [0.2, 0.25) is 0 Å². The maximum Gasteiger partial charge on any atom is 0.165 e. The highest BCUT2D eigenvalue weighted by Crippen LogP contribution is 2.37. The molecule has 1 aliphatic heterocycles. The number of hydrogen-bond donors (Lipinski definition) is 0. The molecule has 126 valence electrons. The third-order valence-electron chi connectivity index (χ3n) is 4.67. The van der Waals surface area contributed by atoms with Crippen LogP contribution in [0.25, 0.3) is 0 Å². The highest BCUT2D eigenvalue weighted by atomic mass is 16.6. The van der Waals surface area contributed by atoms with Gasteiger partial charge in [-0.1, -0.05) is 12.2 Å². The maximum atomic E-state index is 5.71. The molecule has 1 aliphatic carbocycles. The van der Waals surface area contributed by atoms with E-state index < -0.39 is 0 Å². The molecule has 2 heterocycles. The molecule has 5 nitrogen and oxygen atoms in total. The number of benzene rings is 1. The molecule has 0 saturated heterocycles.